The van der Waals surface area contributed by atoms with Crippen molar-refractivity contribution in [3.63, 3.8) is 0 Å². The Morgan fingerprint density at radius 2 is 2.07 bits per heavy atom. The molecule has 0 aliphatic carbocycles. The second kappa shape index (κ2) is 5.19. The molecule has 14 heavy (non-hydrogen) atoms. The van der Waals surface area contributed by atoms with Gasteiger partial charge in [-0.05, 0) is 18.6 Å². The van der Waals surface area contributed by atoms with E-state index in [0.29, 0.717) is 0 Å². The fourth-order valence-electron chi connectivity index (χ4n) is 0.990. The van der Waals surface area contributed by atoms with Crippen LogP contribution in [-0.2, 0) is 4.79 Å². The molecule has 0 spiro atoms. The molecule has 0 heterocycles. The van der Waals surface area contributed by atoms with Gasteiger partial charge in [-0.25, -0.2) is 0 Å². The fraction of sp³-hybridized carbons (Fsp3) is 0.182. The summed E-state index contributed by atoms with van der Waals surface area (Å²) in [5.74, 6) is -0.302. The molecule has 0 aromatic heterocycles. The largest absolute Gasteiger partial charge is 0.374 e. The normalized spacial score (nSPS) is 12.7. The van der Waals surface area contributed by atoms with Crippen LogP contribution in [0.4, 0.5) is 0 Å². The van der Waals surface area contributed by atoms with Crippen molar-refractivity contribution >= 4 is 12.0 Å². The molecule has 1 amide bonds. The van der Waals surface area contributed by atoms with Crippen LogP contribution in [0.15, 0.2) is 36.4 Å². The van der Waals surface area contributed by atoms with Crippen molar-refractivity contribution < 1.29 is 9.90 Å². The van der Waals surface area contributed by atoms with Crippen LogP contribution in [0.1, 0.15) is 12.5 Å². The summed E-state index contributed by atoms with van der Waals surface area (Å²) in [5.41, 5.74) is 0.952. The van der Waals surface area contributed by atoms with Gasteiger partial charge in [-0.3, -0.25) is 4.79 Å². The average molecular weight is 191 g/mol. The zero-order valence-corrected chi connectivity index (χ0v) is 7.97. The first-order valence-corrected chi connectivity index (χ1v) is 4.40. The molecule has 3 nitrogen and oxygen atoms in total. The SMILES string of the molecule is CC(O)NC(=O)C=Cc1ccccc1. The van der Waals surface area contributed by atoms with Gasteiger partial charge in [0, 0.05) is 6.08 Å². The Bertz CT molecular complexity index is 317. The summed E-state index contributed by atoms with van der Waals surface area (Å²) in [6.07, 6.45) is 2.27. The van der Waals surface area contributed by atoms with Gasteiger partial charge in [-0.1, -0.05) is 30.3 Å². The van der Waals surface area contributed by atoms with Gasteiger partial charge in [0.15, 0.2) is 0 Å². The van der Waals surface area contributed by atoms with Gasteiger partial charge in [-0.15, -0.1) is 0 Å². The minimum absolute atomic E-state index is 0.302. The number of benzene rings is 1. The van der Waals surface area contributed by atoms with Gasteiger partial charge in [0.2, 0.25) is 5.91 Å². The second-order valence-electron chi connectivity index (χ2n) is 2.93. The Morgan fingerprint density at radius 3 is 2.64 bits per heavy atom. The first-order valence-electron chi connectivity index (χ1n) is 4.40. The molecule has 1 aromatic carbocycles. The minimum Gasteiger partial charge on any atom is -0.374 e. The lowest BCUT2D eigenvalue weighted by atomic mass is 10.2. The van der Waals surface area contributed by atoms with E-state index in [1.807, 2.05) is 30.3 Å². The molecule has 0 fully saturated rings. The topological polar surface area (TPSA) is 49.3 Å². The van der Waals surface area contributed by atoms with Gasteiger partial charge in [-0.2, -0.15) is 0 Å². The Labute approximate surface area is 83.1 Å². The number of nitrogens with one attached hydrogen (secondary N) is 1. The van der Waals surface area contributed by atoms with Crippen LogP contribution in [0.5, 0.6) is 0 Å². The highest BCUT2D eigenvalue weighted by Crippen LogP contribution is 2.00. The van der Waals surface area contributed by atoms with Crippen LogP contribution in [0.25, 0.3) is 6.08 Å². The molecular weight excluding hydrogens is 178 g/mol. The number of aliphatic hydroxyl groups is 1. The summed E-state index contributed by atoms with van der Waals surface area (Å²) in [6, 6.07) is 9.49. The number of carbonyl (C=O) groups excluding carboxylic acids is 1. The monoisotopic (exact) mass is 191 g/mol. The molecule has 2 N–H and O–H groups in total. The van der Waals surface area contributed by atoms with Gasteiger partial charge in [0.1, 0.15) is 6.23 Å². The van der Waals surface area contributed by atoms with E-state index in [9.17, 15) is 4.79 Å². The first kappa shape index (κ1) is 10.5. The highest BCUT2D eigenvalue weighted by molar-refractivity contribution is 5.91. The van der Waals surface area contributed by atoms with Crippen molar-refractivity contribution in [1.29, 1.82) is 0 Å². The predicted octanol–water partition coefficient (Wildman–Crippen LogP) is 1.15. The third-order valence-corrected chi connectivity index (χ3v) is 1.58. The van der Waals surface area contributed by atoms with Crippen LogP contribution < -0.4 is 5.32 Å². The van der Waals surface area contributed by atoms with E-state index < -0.39 is 6.23 Å². The Hall–Kier alpha value is -1.61. The number of amides is 1. The molecular formula is C11H13NO2. The fourth-order valence-corrected chi connectivity index (χ4v) is 0.990. The smallest absolute Gasteiger partial charge is 0.245 e. The molecule has 3 heteroatoms. The average Bonchev–Trinajstić information content (AvgIpc) is 2.15. The molecule has 1 aromatic rings. The summed E-state index contributed by atoms with van der Waals surface area (Å²) in [5, 5.41) is 11.2. The molecule has 0 aliphatic rings. The maximum Gasteiger partial charge on any atom is 0.245 e. The highest BCUT2D eigenvalue weighted by atomic mass is 16.3. The summed E-state index contributed by atoms with van der Waals surface area (Å²) in [4.78, 5) is 11.1. The lowest BCUT2D eigenvalue weighted by Crippen LogP contribution is -2.30. The number of aliphatic hydroxyl groups excluding tert-OH is 1. The van der Waals surface area contributed by atoms with Crippen molar-refractivity contribution in [3.05, 3.63) is 42.0 Å². The Morgan fingerprint density at radius 1 is 1.43 bits per heavy atom. The van der Waals surface area contributed by atoms with Crippen LogP contribution in [0.2, 0.25) is 0 Å². The maximum absolute atomic E-state index is 11.1. The minimum atomic E-state index is -0.817. The van der Waals surface area contributed by atoms with E-state index >= 15 is 0 Å². The molecule has 74 valence electrons. The first-order chi connectivity index (χ1) is 6.68. The lowest BCUT2D eigenvalue weighted by molar-refractivity contribution is -0.118. The summed E-state index contributed by atoms with van der Waals surface area (Å²) in [7, 11) is 0. The zero-order chi connectivity index (χ0) is 10.4. The number of hydrogen-bond acceptors (Lipinski definition) is 2. The molecule has 1 rings (SSSR count). The zero-order valence-electron chi connectivity index (χ0n) is 7.97. The standard InChI is InChI=1S/C11H13NO2/c1-9(13)12-11(14)8-7-10-5-3-2-4-6-10/h2-9,13H,1H3,(H,12,14). The van der Waals surface area contributed by atoms with E-state index in [1.54, 1.807) is 6.08 Å². The third kappa shape index (κ3) is 3.87. The predicted molar refractivity (Wildman–Crippen MR) is 55.3 cm³/mol. The van der Waals surface area contributed by atoms with Crippen molar-refractivity contribution in [2.45, 2.75) is 13.2 Å². The molecule has 0 radical (unpaired) electrons. The van der Waals surface area contributed by atoms with Gasteiger partial charge < -0.3 is 10.4 Å². The van der Waals surface area contributed by atoms with Crippen LogP contribution >= 0.6 is 0 Å². The van der Waals surface area contributed by atoms with E-state index in [0.717, 1.165) is 5.56 Å². The van der Waals surface area contributed by atoms with Crippen molar-refractivity contribution in [3.8, 4) is 0 Å². The van der Waals surface area contributed by atoms with Crippen LogP contribution in [-0.4, -0.2) is 17.2 Å². The Kier molecular flexibility index (Phi) is 3.88. The van der Waals surface area contributed by atoms with E-state index in [-0.39, 0.29) is 5.91 Å². The van der Waals surface area contributed by atoms with E-state index in [2.05, 4.69) is 5.32 Å². The second-order valence-corrected chi connectivity index (χ2v) is 2.93. The number of rotatable bonds is 3. The molecule has 1 atom stereocenters. The lowest BCUT2D eigenvalue weighted by Gasteiger charge is -2.03. The summed E-state index contributed by atoms with van der Waals surface area (Å²) in [6.45, 7) is 1.49. The molecule has 0 saturated heterocycles. The van der Waals surface area contributed by atoms with Crippen molar-refractivity contribution in [1.82, 2.24) is 5.32 Å². The van der Waals surface area contributed by atoms with Crippen molar-refractivity contribution in [2.24, 2.45) is 0 Å². The number of hydrogen-bond donors (Lipinski definition) is 2. The summed E-state index contributed by atoms with van der Waals surface area (Å²) >= 11 is 0. The highest BCUT2D eigenvalue weighted by Gasteiger charge is 1.97. The molecule has 0 aliphatic heterocycles. The van der Waals surface area contributed by atoms with Gasteiger partial charge in [0.25, 0.3) is 0 Å². The quantitative estimate of drug-likeness (QED) is 0.556. The van der Waals surface area contributed by atoms with Crippen molar-refractivity contribution in [2.75, 3.05) is 0 Å². The molecule has 0 saturated carbocycles. The van der Waals surface area contributed by atoms with E-state index in [1.165, 1.54) is 13.0 Å². The molecule has 1 unspecified atom stereocenters. The maximum atomic E-state index is 11.1. The van der Waals surface area contributed by atoms with E-state index in [4.69, 9.17) is 5.11 Å². The summed E-state index contributed by atoms with van der Waals surface area (Å²) < 4.78 is 0. The number of carbonyl (C=O) groups is 1. The third-order valence-electron chi connectivity index (χ3n) is 1.58. The Balaban J connectivity index is 2.52. The van der Waals surface area contributed by atoms with Crippen LogP contribution in [0.3, 0.4) is 0 Å². The van der Waals surface area contributed by atoms with Crippen LogP contribution in [0, 0.1) is 0 Å². The molecule has 0 bridgehead atoms. The van der Waals surface area contributed by atoms with Gasteiger partial charge >= 0.3 is 0 Å². The van der Waals surface area contributed by atoms with Gasteiger partial charge in [0.05, 0.1) is 0 Å².